The second-order valence-electron chi connectivity index (χ2n) is 4.03. The van der Waals surface area contributed by atoms with Crippen LogP contribution in [-0.4, -0.2) is 23.4 Å². The van der Waals surface area contributed by atoms with Crippen molar-refractivity contribution in [2.24, 2.45) is 0 Å². The first-order chi connectivity index (χ1) is 9.76. The molecule has 0 saturated carbocycles. The molecule has 20 heavy (non-hydrogen) atoms. The van der Waals surface area contributed by atoms with Gasteiger partial charge in [0.2, 0.25) is 0 Å². The summed E-state index contributed by atoms with van der Waals surface area (Å²) in [7, 11) is 1.57. The van der Waals surface area contributed by atoms with Gasteiger partial charge in [0.25, 0.3) is 0 Å². The summed E-state index contributed by atoms with van der Waals surface area (Å²) in [4.78, 5) is 12.0. The number of benzene rings is 2. The van der Waals surface area contributed by atoms with Crippen LogP contribution < -0.4 is 9.47 Å². The molecule has 0 amide bonds. The zero-order chi connectivity index (χ0) is 13.9. The molecule has 0 atom stereocenters. The van der Waals surface area contributed by atoms with Crippen molar-refractivity contribution in [2.75, 3.05) is 7.11 Å². The van der Waals surface area contributed by atoms with Crippen molar-refractivity contribution in [2.45, 2.75) is 0 Å². The maximum absolute atomic E-state index is 12.0. The molecule has 100 valence electrons. The minimum atomic E-state index is -0.472. The first-order valence-electron chi connectivity index (χ1n) is 5.85. The van der Waals surface area contributed by atoms with Crippen molar-refractivity contribution in [3.8, 4) is 11.5 Å². The fourth-order valence-electron chi connectivity index (χ4n) is 1.72. The molecule has 1 aromatic heterocycles. The molecule has 3 aromatic rings. The predicted molar refractivity (Wildman–Crippen MR) is 69.8 cm³/mol. The number of hydrogen-bond donors (Lipinski definition) is 0. The summed E-state index contributed by atoms with van der Waals surface area (Å²) in [5.41, 5.74) is 1.48. The molecule has 0 aliphatic heterocycles. The number of carbonyl (C=O) groups is 1. The monoisotopic (exact) mass is 270 g/mol. The number of carbonyl (C=O) groups excluding carboxylic acids is 1. The van der Waals surface area contributed by atoms with Crippen molar-refractivity contribution >= 4 is 17.0 Å². The van der Waals surface area contributed by atoms with Crippen LogP contribution in [-0.2, 0) is 0 Å². The second-order valence-corrected chi connectivity index (χ2v) is 4.03. The Morgan fingerprint density at radius 2 is 1.70 bits per heavy atom. The standard InChI is InChI=1S/C14H10N2O4/c1-18-10-3-5-11(6-4-10)19-14(17)9-2-7-12-13(8-9)16-20-15-12/h2-8H,1H3. The molecule has 0 unspecified atom stereocenters. The molecule has 0 N–H and O–H groups in total. The quantitative estimate of drug-likeness (QED) is 0.537. The van der Waals surface area contributed by atoms with E-state index in [0.29, 0.717) is 28.1 Å². The van der Waals surface area contributed by atoms with Gasteiger partial charge >= 0.3 is 5.97 Å². The van der Waals surface area contributed by atoms with Crippen LogP contribution >= 0.6 is 0 Å². The van der Waals surface area contributed by atoms with Crippen molar-refractivity contribution < 1.29 is 18.9 Å². The smallest absolute Gasteiger partial charge is 0.343 e. The fraction of sp³-hybridized carbons (Fsp3) is 0.0714. The van der Waals surface area contributed by atoms with E-state index in [1.54, 1.807) is 49.6 Å². The van der Waals surface area contributed by atoms with Gasteiger partial charge in [-0.05, 0) is 52.8 Å². The van der Waals surface area contributed by atoms with Gasteiger partial charge in [0, 0.05) is 0 Å². The minimum absolute atomic E-state index is 0.379. The number of nitrogens with zero attached hydrogens (tertiary/aromatic N) is 2. The summed E-state index contributed by atoms with van der Waals surface area (Å²) in [6.45, 7) is 0. The van der Waals surface area contributed by atoms with Crippen LogP contribution in [0.5, 0.6) is 11.5 Å². The van der Waals surface area contributed by atoms with E-state index in [4.69, 9.17) is 9.47 Å². The number of methoxy groups -OCH3 is 1. The molecule has 3 rings (SSSR count). The maximum atomic E-state index is 12.0. The third-order valence-corrected chi connectivity index (χ3v) is 2.76. The van der Waals surface area contributed by atoms with Crippen LogP contribution in [0, 0.1) is 0 Å². The van der Waals surface area contributed by atoms with Crippen LogP contribution in [0.25, 0.3) is 11.0 Å². The molecule has 0 bridgehead atoms. The molecule has 2 aromatic carbocycles. The van der Waals surface area contributed by atoms with Crippen LogP contribution in [0.1, 0.15) is 10.4 Å². The van der Waals surface area contributed by atoms with E-state index in [1.165, 1.54) is 0 Å². The molecule has 0 radical (unpaired) electrons. The molecular weight excluding hydrogens is 260 g/mol. The van der Waals surface area contributed by atoms with Crippen LogP contribution in [0.2, 0.25) is 0 Å². The van der Waals surface area contributed by atoms with E-state index in [9.17, 15) is 4.79 Å². The third-order valence-electron chi connectivity index (χ3n) is 2.76. The van der Waals surface area contributed by atoms with Crippen LogP contribution in [0.4, 0.5) is 0 Å². The summed E-state index contributed by atoms with van der Waals surface area (Å²) in [5, 5.41) is 7.35. The molecule has 0 saturated heterocycles. The maximum Gasteiger partial charge on any atom is 0.343 e. The molecule has 0 spiro atoms. The van der Waals surface area contributed by atoms with E-state index in [-0.39, 0.29) is 0 Å². The molecule has 6 heteroatoms. The molecule has 1 heterocycles. The minimum Gasteiger partial charge on any atom is -0.497 e. The number of hydrogen-bond acceptors (Lipinski definition) is 6. The Labute approximate surface area is 113 Å². The summed E-state index contributed by atoms with van der Waals surface area (Å²) >= 11 is 0. The summed E-state index contributed by atoms with van der Waals surface area (Å²) in [6.07, 6.45) is 0. The highest BCUT2D eigenvalue weighted by molar-refractivity contribution is 5.94. The van der Waals surface area contributed by atoms with Gasteiger partial charge < -0.3 is 9.47 Å². The number of rotatable bonds is 3. The zero-order valence-corrected chi connectivity index (χ0v) is 10.6. The number of ether oxygens (including phenoxy) is 2. The van der Waals surface area contributed by atoms with E-state index >= 15 is 0 Å². The van der Waals surface area contributed by atoms with E-state index in [1.807, 2.05) is 0 Å². The van der Waals surface area contributed by atoms with Gasteiger partial charge in [-0.15, -0.1) is 0 Å². The highest BCUT2D eigenvalue weighted by Crippen LogP contribution is 2.19. The Balaban J connectivity index is 1.80. The highest BCUT2D eigenvalue weighted by atomic mass is 16.6. The molecule has 0 fully saturated rings. The normalized spacial score (nSPS) is 10.4. The van der Waals surface area contributed by atoms with Gasteiger partial charge in [-0.25, -0.2) is 9.42 Å². The summed E-state index contributed by atoms with van der Waals surface area (Å²) in [6, 6.07) is 11.6. The first-order valence-corrected chi connectivity index (χ1v) is 5.85. The second kappa shape index (κ2) is 5.00. The van der Waals surface area contributed by atoms with E-state index < -0.39 is 5.97 Å². The summed E-state index contributed by atoms with van der Waals surface area (Å²) in [5.74, 6) is 0.661. The Kier molecular flexibility index (Phi) is 3.04. The van der Waals surface area contributed by atoms with Crippen LogP contribution in [0.15, 0.2) is 47.1 Å². The van der Waals surface area contributed by atoms with Gasteiger partial charge in [0.15, 0.2) is 0 Å². The lowest BCUT2D eigenvalue weighted by Crippen LogP contribution is -2.08. The average Bonchev–Trinajstić information content (AvgIpc) is 2.95. The topological polar surface area (TPSA) is 74.5 Å². The molecular formula is C14H10N2O4. The largest absolute Gasteiger partial charge is 0.497 e. The predicted octanol–water partition coefficient (Wildman–Crippen LogP) is 2.45. The Morgan fingerprint density at radius 1 is 1.00 bits per heavy atom. The Hall–Kier alpha value is -2.89. The average molecular weight is 270 g/mol. The third kappa shape index (κ3) is 2.31. The van der Waals surface area contributed by atoms with E-state index in [2.05, 4.69) is 14.9 Å². The molecule has 0 aliphatic carbocycles. The lowest BCUT2D eigenvalue weighted by Gasteiger charge is -2.05. The van der Waals surface area contributed by atoms with Crippen molar-refractivity contribution in [1.82, 2.24) is 10.3 Å². The summed E-state index contributed by atoms with van der Waals surface area (Å²) < 4.78 is 14.9. The van der Waals surface area contributed by atoms with Gasteiger partial charge in [-0.1, -0.05) is 0 Å². The fourth-order valence-corrected chi connectivity index (χ4v) is 1.72. The van der Waals surface area contributed by atoms with Gasteiger partial charge in [-0.2, -0.15) is 0 Å². The van der Waals surface area contributed by atoms with E-state index in [0.717, 1.165) is 0 Å². The SMILES string of the molecule is COc1ccc(OC(=O)c2ccc3nonc3c2)cc1. The Morgan fingerprint density at radius 3 is 2.45 bits per heavy atom. The molecule has 6 nitrogen and oxygen atoms in total. The Bertz CT molecular complexity index is 749. The zero-order valence-electron chi connectivity index (χ0n) is 10.6. The lowest BCUT2D eigenvalue weighted by atomic mass is 10.2. The van der Waals surface area contributed by atoms with Gasteiger partial charge in [0.1, 0.15) is 22.5 Å². The number of aromatic nitrogens is 2. The highest BCUT2D eigenvalue weighted by Gasteiger charge is 2.11. The lowest BCUT2D eigenvalue weighted by molar-refractivity contribution is 0.0735. The van der Waals surface area contributed by atoms with Gasteiger partial charge in [0.05, 0.1) is 12.7 Å². The van der Waals surface area contributed by atoms with Crippen molar-refractivity contribution in [3.05, 3.63) is 48.0 Å². The van der Waals surface area contributed by atoms with Crippen molar-refractivity contribution in [1.29, 1.82) is 0 Å². The van der Waals surface area contributed by atoms with Crippen LogP contribution in [0.3, 0.4) is 0 Å². The van der Waals surface area contributed by atoms with Gasteiger partial charge in [-0.3, -0.25) is 0 Å². The number of esters is 1. The van der Waals surface area contributed by atoms with Crippen molar-refractivity contribution in [3.63, 3.8) is 0 Å². The number of fused-ring (bicyclic) bond motifs is 1. The molecule has 0 aliphatic rings. The first kappa shape index (κ1) is 12.2.